The molecule has 63 heavy (non-hydrogen) atoms. The van der Waals surface area contributed by atoms with Gasteiger partial charge in [0.05, 0.1) is 51.7 Å². The Hall–Kier alpha value is -6.65. The lowest BCUT2D eigenvalue weighted by molar-refractivity contribution is 0.282. The highest BCUT2D eigenvalue weighted by Crippen LogP contribution is 2.43. The van der Waals surface area contributed by atoms with Crippen LogP contribution in [-0.2, 0) is 37.0 Å². The first-order valence-electron chi connectivity index (χ1n) is 17.9. The Balaban J connectivity index is 1.19. The van der Waals surface area contributed by atoms with Crippen LogP contribution in [0.25, 0.3) is 26.7 Å². The van der Waals surface area contributed by atoms with Crippen LogP contribution in [0.2, 0.25) is 0 Å². The lowest BCUT2D eigenvalue weighted by atomic mass is 10.1. The molecular formula is C37H31N9O13S4. The molecule has 2 aromatic heterocycles. The summed E-state index contributed by atoms with van der Waals surface area (Å²) < 4.78 is 107. The Bertz CT molecular complexity index is 3420. The van der Waals surface area contributed by atoms with E-state index < -0.39 is 62.9 Å². The highest BCUT2D eigenvalue weighted by atomic mass is 32.2. The van der Waals surface area contributed by atoms with Crippen molar-refractivity contribution in [2.45, 2.75) is 29.7 Å². The Kier molecular flexibility index (Phi) is 12.4. The summed E-state index contributed by atoms with van der Waals surface area (Å²) in [5.74, 6) is -1.07. The van der Waals surface area contributed by atoms with Crippen molar-refractivity contribution in [3.63, 3.8) is 0 Å². The molecule has 7 rings (SSSR count). The highest BCUT2D eigenvalue weighted by Gasteiger charge is 2.23. The number of phenols is 1. The fourth-order valence-electron chi connectivity index (χ4n) is 5.96. The van der Waals surface area contributed by atoms with Gasteiger partial charge in [-0.1, -0.05) is 23.5 Å². The maximum absolute atomic E-state index is 13.0. The molecule has 0 bridgehead atoms. The first-order valence-corrected chi connectivity index (χ1v) is 23.2. The van der Waals surface area contributed by atoms with Crippen molar-refractivity contribution in [3.8, 4) is 17.2 Å². The van der Waals surface area contributed by atoms with Crippen molar-refractivity contribution in [2.75, 3.05) is 12.4 Å². The van der Waals surface area contributed by atoms with Crippen LogP contribution in [0, 0.1) is 6.92 Å². The van der Waals surface area contributed by atoms with Crippen LogP contribution in [0.1, 0.15) is 17.5 Å². The van der Waals surface area contributed by atoms with Crippen molar-refractivity contribution >= 4 is 96.2 Å². The van der Waals surface area contributed by atoms with Crippen LogP contribution >= 0.6 is 11.3 Å². The normalized spacial score (nSPS) is 12.8. The molecule has 0 aliphatic carbocycles. The number of aromatic hydroxyl groups is 1. The molecule has 0 saturated heterocycles. The number of azo groups is 3. The molecule has 326 valence electrons. The first-order chi connectivity index (χ1) is 29.8. The van der Waals surface area contributed by atoms with Gasteiger partial charge < -0.3 is 14.9 Å². The van der Waals surface area contributed by atoms with Gasteiger partial charge in [-0.05, 0) is 85.1 Å². The number of H-pyrrole nitrogens is 1. The average Bonchev–Trinajstić information content (AvgIpc) is 3.81. The molecule has 7 aromatic rings. The SMILES string of the molecule is Cc1cc(N=Nc2ccc3c(S(=O)(=O)O)c(N=Nc4c[nH]n(-c5ccc(S(=O)(=O)O)cc5)c4=O)ccc3c2O)c(OCCCS(=O)(=O)O)cc1N=Nc1nc2ccc(CO)cc2s1. The third-order valence-electron chi connectivity index (χ3n) is 8.96. The summed E-state index contributed by atoms with van der Waals surface area (Å²) in [6.07, 6.45) is 1.04. The second kappa shape index (κ2) is 17.6. The number of aliphatic hydroxyl groups excluding tert-OH is 1. The van der Waals surface area contributed by atoms with E-state index in [0.717, 1.165) is 33.8 Å². The van der Waals surface area contributed by atoms with Gasteiger partial charge in [0.2, 0.25) is 5.13 Å². The van der Waals surface area contributed by atoms with Crippen LogP contribution < -0.4 is 10.3 Å². The summed E-state index contributed by atoms with van der Waals surface area (Å²) >= 11 is 1.25. The van der Waals surface area contributed by atoms with Gasteiger partial charge in [0.1, 0.15) is 27.7 Å². The van der Waals surface area contributed by atoms with Crippen LogP contribution in [0.5, 0.6) is 11.5 Å². The molecule has 0 radical (unpaired) electrons. The molecular weight excluding hydrogens is 907 g/mol. The lowest BCUT2D eigenvalue weighted by Crippen LogP contribution is -2.14. The Labute approximate surface area is 359 Å². The van der Waals surface area contributed by atoms with Gasteiger partial charge in [0.25, 0.3) is 35.9 Å². The van der Waals surface area contributed by atoms with E-state index >= 15 is 0 Å². The van der Waals surface area contributed by atoms with Crippen molar-refractivity contribution in [1.29, 1.82) is 0 Å². The van der Waals surface area contributed by atoms with Crippen LogP contribution in [-0.4, -0.2) is 76.2 Å². The van der Waals surface area contributed by atoms with Crippen molar-refractivity contribution < 1.29 is 53.9 Å². The number of aryl methyl sites for hydroxylation is 1. The molecule has 6 N–H and O–H groups in total. The number of nitrogens with one attached hydrogen (secondary N) is 1. The number of hydrogen-bond donors (Lipinski definition) is 6. The summed E-state index contributed by atoms with van der Waals surface area (Å²) in [6.45, 7) is 1.38. The number of thiazole rings is 1. The maximum Gasteiger partial charge on any atom is 0.298 e. The highest BCUT2D eigenvalue weighted by molar-refractivity contribution is 7.86. The number of fused-ring (bicyclic) bond motifs is 2. The van der Waals surface area contributed by atoms with E-state index in [1.807, 2.05) is 0 Å². The van der Waals surface area contributed by atoms with Gasteiger partial charge in [-0.15, -0.1) is 30.7 Å². The fraction of sp³-hybridized carbons (Fsp3) is 0.135. The van der Waals surface area contributed by atoms with E-state index in [1.54, 1.807) is 25.1 Å². The van der Waals surface area contributed by atoms with Crippen LogP contribution in [0.15, 0.2) is 130 Å². The van der Waals surface area contributed by atoms with E-state index in [0.29, 0.717) is 27.5 Å². The van der Waals surface area contributed by atoms with Crippen molar-refractivity contribution in [3.05, 3.63) is 107 Å². The van der Waals surface area contributed by atoms with Gasteiger partial charge in [-0.25, -0.2) is 9.67 Å². The van der Waals surface area contributed by atoms with Gasteiger partial charge in [0.15, 0.2) is 11.4 Å². The van der Waals surface area contributed by atoms with E-state index in [9.17, 15) is 49.4 Å². The summed E-state index contributed by atoms with van der Waals surface area (Å²) in [4.78, 5) is 16.3. The number of aromatic nitrogens is 3. The van der Waals surface area contributed by atoms with E-state index in [4.69, 9.17) is 9.29 Å². The van der Waals surface area contributed by atoms with E-state index in [2.05, 4.69) is 40.8 Å². The van der Waals surface area contributed by atoms with Gasteiger partial charge in [0, 0.05) is 16.8 Å². The minimum absolute atomic E-state index is 0.0682. The number of aliphatic hydroxyl groups is 1. The van der Waals surface area contributed by atoms with Crippen LogP contribution in [0.3, 0.4) is 0 Å². The quantitative estimate of drug-likeness (QED) is 0.0324. The minimum atomic E-state index is -5.06. The number of hydrogen-bond acceptors (Lipinski definition) is 18. The second-order valence-electron chi connectivity index (χ2n) is 13.3. The number of ether oxygens (including phenoxy) is 1. The maximum atomic E-state index is 13.0. The minimum Gasteiger partial charge on any atom is -0.505 e. The zero-order valence-corrected chi connectivity index (χ0v) is 35.4. The van der Waals surface area contributed by atoms with Crippen molar-refractivity contribution in [2.24, 2.45) is 30.7 Å². The summed E-state index contributed by atoms with van der Waals surface area (Å²) in [7, 11) is -13.8. The van der Waals surface area contributed by atoms with E-state index in [-0.39, 0.29) is 58.9 Å². The Morgan fingerprint density at radius 2 is 1.41 bits per heavy atom. The predicted molar refractivity (Wildman–Crippen MR) is 227 cm³/mol. The smallest absolute Gasteiger partial charge is 0.298 e. The number of phenolic OH excluding ortho intramolecular Hbond substituents is 1. The van der Waals surface area contributed by atoms with Gasteiger partial charge in [-0.3, -0.25) is 23.6 Å². The molecule has 5 aromatic carbocycles. The number of rotatable bonds is 15. The largest absolute Gasteiger partial charge is 0.505 e. The first kappa shape index (κ1) is 44.4. The molecule has 2 heterocycles. The standard InChI is InChI=1S/C37H31N9O13S4/c1-20-15-30(32(59-13-2-14-61(50,51)52)17-29(20)42-45-37-39-26-10-3-21(19-47)16-33(26)60-37)43-40-27-11-9-25-24(34(27)48)8-12-28(35(25)63(56,57)58)41-44-31-18-38-46(36(31)49)22-4-6-23(7-5-22)62(53,54)55/h3-12,15-18,38,47-48H,2,13-14,19H2,1H3,(H,50,51,52)(H,53,54,55)(H,56,57,58). The monoisotopic (exact) mass is 937 g/mol. The lowest BCUT2D eigenvalue weighted by Gasteiger charge is -2.11. The summed E-state index contributed by atoms with van der Waals surface area (Å²) in [5, 5.41) is 48.0. The summed E-state index contributed by atoms with van der Waals surface area (Å²) in [5.41, 5.74) is 0.836. The molecule has 0 atom stereocenters. The number of nitrogens with zero attached hydrogens (tertiary/aromatic N) is 8. The molecule has 22 nitrogen and oxygen atoms in total. The Morgan fingerprint density at radius 3 is 2.11 bits per heavy atom. The molecule has 26 heteroatoms. The topological polar surface area (TPSA) is 338 Å². The molecule has 0 spiro atoms. The molecule has 0 aliphatic heterocycles. The zero-order valence-electron chi connectivity index (χ0n) is 32.1. The third-order valence-corrected chi connectivity index (χ3v) is 12.5. The molecule has 0 amide bonds. The second-order valence-corrected chi connectivity index (χ2v) is 18.7. The molecule has 0 saturated carbocycles. The average molecular weight is 938 g/mol. The predicted octanol–water partition coefficient (Wildman–Crippen LogP) is 7.83. The van der Waals surface area contributed by atoms with Crippen molar-refractivity contribution in [1.82, 2.24) is 14.8 Å². The third kappa shape index (κ3) is 10.2. The zero-order chi connectivity index (χ0) is 45.3. The fourth-order valence-corrected chi connectivity index (χ4v) is 8.60. The Morgan fingerprint density at radius 1 is 0.746 bits per heavy atom. The molecule has 0 fully saturated rings. The van der Waals surface area contributed by atoms with E-state index in [1.165, 1.54) is 53.8 Å². The number of aromatic amines is 1. The molecule has 0 aliphatic rings. The summed E-state index contributed by atoms with van der Waals surface area (Å²) in [6, 6.07) is 17.7. The van der Waals surface area contributed by atoms with Crippen LogP contribution in [0.4, 0.5) is 33.6 Å². The number of benzene rings is 5. The van der Waals surface area contributed by atoms with Gasteiger partial charge >= 0.3 is 0 Å². The van der Waals surface area contributed by atoms with Gasteiger partial charge in [-0.2, -0.15) is 25.3 Å². The molecule has 0 unspecified atom stereocenters.